The van der Waals surface area contributed by atoms with E-state index in [0.29, 0.717) is 23.4 Å². The Balaban J connectivity index is 1.82. The summed E-state index contributed by atoms with van der Waals surface area (Å²) in [5.41, 5.74) is 2.01. The number of hydrogen-bond donors (Lipinski definition) is 1. The predicted molar refractivity (Wildman–Crippen MR) is 79.0 cm³/mol. The van der Waals surface area contributed by atoms with Gasteiger partial charge in [0.25, 0.3) is 0 Å². The van der Waals surface area contributed by atoms with Crippen molar-refractivity contribution in [1.82, 2.24) is 5.32 Å². The van der Waals surface area contributed by atoms with E-state index in [1.54, 1.807) is 12.1 Å². The van der Waals surface area contributed by atoms with E-state index in [1.165, 1.54) is 12.8 Å². The molecule has 106 valence electrons. The van der Waals surface area contributed by atoms with Crippen molar-refractivity contribution in [3.63, 3.8) is 0 Å². The first-order chi connectivity index (χ1) is 9.48. The number of benzene rings is 1. The summed E-state index contributed by atoms with van der Waals surface area (Å²) in [6.45, 7) is 4.59. The van der Waals surface area contributed by atoms with Crippen LogP contribution in [0, 0.1) is 16.7 Å². The molecular formula is C17H22N2O. The summed E-state index contributed by atoms with van der Waals surface area (Å²) >= 11 is 0. The highest BCUT2D eigenvalue weighted by Crippen LogP contribution is 2.34. The van der Waals surface area contributed by atoms with Gasteiger partial charge in [0, 0.05) is 6.04 Å². The van der Waals surface area contributed by atoms with Gasteiger partial charge >= 0.3 is 0 Å². The Morgan fingerprint density at radius 2 is 1.90 bits per heavy atom. The molecule has 0 unspecified atom stereocenters. The maximum atomic E-state index is 12.0. The Morgan fingerprint density at radius 1 is 1.30 bits per heavy atom. The molecule has 0 heterocycles. The monoisotopic (exact) mass is 270 g/mol. The molecule has 1 aromatic rings. The van der Waals surface area contributed by atoms with Crippen molar-refractivity contribution in [2.24, 2.45) is 5.41 Å². The van der Waals surface area contributed by atoms with Crippen LogP contribution >= 0.6 is 0 Å². The molecule has 20 heavy (non-hydrogen) atoms. The second kappa shape index (κ2) is 6.09. The van der Waals surface area contributed by atoms with Crippen molar-refractivity contribution >= 4 is 5.91 Å². The Bertz CT molecular complexity index is 501. The lowest BCUT2D eigenvalue weighted by molar-refractivity contribution is -0.121. The number of rotatable bonds is 3. The van der Waals surface area contributed by atoms with Gasteiger partial charge in [0.1, 0.15) is 0 Å². The van der Waals surface area contributed by atoms with Crippen LogP contribution in [0.2, 0.25) is 0 Å². The number of amides is 1. The van der Waals surface area contributed by atoms with Crippen molar-refractivity contribution in [3.05, 3.63) is 35.4 Å². The summed E-state index contributed by atoms with van der Waals surface area (Å²) in [5.74, 6) is 0.0828. The van der Waals surface area contributed by atoms with Crippen molar-refractivity contribution in [2.45, 2.75) is 52.0 Å². The molecule has 0 saturated heterocycles. The first-order valence-corrected chi connectivity index (χ1v) is 7.27. The van der Waals surface area contributed by atoms with Gasteiger partial charge in [-0.3, -0.25) is 4.79 Å². The van der Waals surface area contributed by atoms with E-state index in [0.717, 1.165) is 18.4 Å². The van der Waals surface area contributed by atoms with Crippen LogP contribution in [0.25, 0.3) is 0 Å². The fourth-order valence-electron chi connectivity index (χ4n) is 2.70. The van der Waals surface area contributed by atoms with Gasteiger partial charge in [-0.15, -0.1) is 0 Å². The first kappa shape index (κ1) is 14.6. The quantitative estimate of drug-likeness (QED) is 0.917. The topological polar surface area (TPSA) is 52.9 Å². The Labute approximate surface area is 121 Å². The molecule has 2 rings (SSSR count). The minimum atomic E-state index is 0.0828. The number of nitrogens with zero attached hydrogens (tertiary/aromatic N) is 1. The van der Waals surface area contributed by atoms with E-state index in [-0.39, 0.29) is 5.91 Å². The molecule has 0 spiro atoms. The van der Waals surface area contributed by atoms with Gasteiger partial charge in [-0.05, 0) is 48.8 Å². The maximum absolute atomic E-state index is 12.0. The SMILES string of the molecule is CC1(C)CCC(NC(=O)Cc2ccc(C#N)cc2)CC1. The third kappa shape index (κ3) is 4.09. The molecule has 0 radical (unpaired) electrons. The van der Waals surface area contributed by atoms with Gasteiger partial charge in [-0.25, -0.2) is 0 Å². The summed E-state index contributed by atoms with van der Waals surface area (Å²) in [5, 5.41) is 11.9. The van der Waals surface area contributed by atoms with Gasteiger partial charge in [-0.1, -0.05) is 26.0 Å². The van der Waals surface area contributed by atoms with Crippen LogP contribution in [0.5, 0.6) is 0 Å². The molecule has 1 saturated carbocycles. The second-order valence-electron chi connectivity index (χ2n) is 6.49. The highest BCUT2D eigenvalue weighted by Gasteiger charge is 2.27. The molecular weight excluding hydrogens is 248 g/mol. The molecule has 0 bridgehead atoms. The number of nitriles is 1. The van der Waals surface area contributed by atoms with Crippen LogP contribution in [0.3, 0.4) is 0 Å². The highest BCUT2D eigenvalue weighted by atomic mass is 16.1. The summed E-state index contributed by atoms with van der Waals surface area (Å²) in [6, 6.07) is 9.62. The Kier molecular flexibility index (Phi) is 4.44. The average Bonchev–Trinajstić information content (AvgIpc) is 2.42. The molecule has 1 aliphatic carbocycles. The Morgan fingerprint density at radius 3 is 2.45 bits per heavy atom. The van der Waals surface area contributed by atoms with E-state index >= 15 is 0 Å². The standard InChI is InChI=1S/C17H22N2O/c1-17(2)9-7-15(8-10-17)19-16(20)11-13-3-5-14(12-18)6-4-13/h3-6,15H,7-11H2,1-2H3,(H,19,20). The molecule has 1 fully saturated rings. The summed E-state index contributed by atoms with van der Waals surface area (Å²) in [7, 11) is 0. The van der Waals surface area contributed by atoms with Gasteiger partial charge in [0.05, 0.1) is 18.1 Å². The zero-order chi connectivity index (χ0) is 14.6. The zero-order valence-corrected chi connectivity index (χ0v) is 12.3. The Hall–Kier alpha value is -1.82. The van der Waals surface area contributed by atoms with Crippen molar-refractivity contribution in [3.8, 4) is 6.07 Å². The molecule has 3 heteroatoms. The highest BCUT2D eigenvalue weighted by molar-refractivity contribution is 5.78. The van der Waals surface area contributed by atoms with E-state index in [9.17, 15) is 4.79 Å². The van der Waals surface area contributed by atoms with E-state index < -0.39 is 0 Å². The minimum Gasteiger partial charge on any atom is -0.353 e. The van der Waals surface area contributed by atoms with Crippen molar-refractivity contribution < 1.29 is 4.79 Å². The molecule has 0 aliphatic heterocycles. The lowest BCUT2D eigenvalue weighted by atomic mass is 9.75. The lowest BCUT2D eigenvalue weighted by Crippen LogP contribution is -2.39. The maximum Gasteiger partial charge on any atom is 0.224 e. The summed E-state index contributed by atoms with van der Waals surface area (Å²) in [4.78, 5) is 12.0. The molecule has 1 aromatic carbocycles. The van der Waals surface area contributed by atoms with Gasteiger partial charge in [-0.2, -0.15) is 5.26 Å². The van der Waals surface area contributed by atoms with Crippen LogP contribution in [-0.2, 0) is 11.2 Å². The average molecular weight is 270 g/mol. The first-order valence-electron chi connectivity index (χ1n) is 7.27. The molecule has 1 aliphatic rings. The van der Waals surface area contributed by atoms with Gasteiger partial charge in [0.2, 0.25) is 5.91 Å². The molecule has 0 aromatic heterocycles. The van der Waals surface area contributed by atoms with Gasteiger partial charge < -0.3 is 5.32 Å². The third-order valence-corrected chi connectivity index (χ3v) is 4.15. The van der Waals surface area contributed by atoms with E-state index in [1.807, 2.05) is 12.1 Å². The van der Waals surface area contributed by atoms with Crippen molar-refractivity contribution in [1.29, 1.82) is 5.26 Å². The largest absolute Gasteiger partial charge is 0.353 e. The molecule has 0 atom stereocenters. The second-order valence-corrected chi connectivity index (χ2v) is 6.49. The van der Waals surface area contributed by atoms with Crippen molar-refractivity contribution in [2.75, 3.05) is 0 Å². The molecule has 3 nitrogen and oxygen atoms in total. The molecule has 1 N–H and O–H groups in total. The fourth-order valence-corrected chi connectivity index (χ4v) is 2.70. The number of carbonyl (C=O) groups is 1. The van der Waals surface area contributed by atoms with Crippen LogP contribution < -0.4 is 5.32 Å². The smallest absolute Gasteiger partial charge is 0.224 e. The number of hydrogen-bond acceptors (Lipinski definition) is 2. The van der Waals surface area contributed by atoms with Crippen LogP contribution in [0.1, 0.15) is 50.7 Å². The normalized spacial score (nSPS) is 18.2. The van der Waals surface area contributed by atoms with E-state index in [2.05, 4.69) is 25.2 Å². The number of nitrogens with one attached hydrogen (secondary N) is 1. The predicted octanol–water partition coefficient (Wildman–Crippen LogP) is 3.19. The van der Waals surface area contributed by atoms with E-state index in [4.69, 9.17) is 5.26 Å². The van der Waals surface area contributed by atoms with Gasteiger partial charge in [0.15, 0.2) is 0 Å². The third-order valence-electron chi connectivity index (χ3n) is 4.15. The van der Waals surface area contributed by atoms with Crippen LogP contribution in [0.15, 0.2) is 24.3 Å². The molecule has 1 amide bonds. The number of carbonyl (C=O) groups excluding carboxylic acids is 1. The van der Waals surface area contributed by atoms with Crippen LogP contribution in [-0.4, -0.2) is 11.9 Å². The summed E-state index contributed by atoms with van der Waals surface area (Å²) < 4.78 is 0. The minimum absolute atomic E-state index is 0.0828. The fraction of sp³-hybridized carbons (Fsp3) is 0.529. The zero-order valence-electron chi connectivity index (χ0n) is 12.3. The summed E-state index contributed by atoms with van der Waals surface area (Å²) in [6.07, 6.45) is 4.90. The van der Waals surface area contributed by atoms with Crippen LogP contribution in [0.4, 0.5) is 0 Å². The lowest BCUT2D eigenvalue weighted by Gasteiger charge is -2.34.